The molecular weight excluding hydrogens is 1260 g/mol. The zero-order valence-electron chi connectivity index (χ0n) is 60.3. The fourth-order valence-electron chi connectivity index (χ4n) is 9.85. The van der Waals surface area contributed by atoms with Crippen LogP contribution in [0, 0.1) is 0 Å². The third-order valence-electron chi connectivity index (χ3n) is 15.6. The number of phosphoric acid groups is 2. The van der Waals surface area contributed by atoms with E-state index in [1.807, 2.05) is 18.2 Å². The van der Waals surface area contributed by atoms with E-state index in [-0.39, 0.29) is 25.7 Å². The molecule has 0 aromatic rings. The number of hydrogen-bond acceptors (Lipinski definition) is 15. The fourth-order valence-corrected chi connectivity index (χ4v) is 11.4. The van der Waals surface area contributed by atoms with Crippen molar-refractivity contribution in [1.82, 2.24) is 0 Å². The van der Waals surface area contributed by atoms with E-state index in [1.165, 1.54) is 96.3 Å². The van der Waals surface area contributed by atoms with Crippen LogP contribution < -0.4 is 0 Å². The lowest BCUT2D eigenvalue weighted by molar-refractivity contribution is -0.161. The number of phosphoric ester groups is 2. The summed E-state index contributed by atoms with van der Waals surface area (Å²) in [4.78, 5) is 72.7. The molecule has 5 unspecified atom stereocenters. The highest BCUT2D eigenvalue weighted by Crippen LogP contribution is 2.45. The van der Waals surface area contributed by atoms with E-state index in [0.29, 0.717) is 25.7 Å². The number of aliphatic hydroxyl groups excluding tert-OH is 1. The molecule has 0 aromatic heterocycles. The van der Waals surface area contributed by atoms with Crippen molar-refractivity contribution >= 4 is 39.5 Å². The minimum Gasteiger partial charge on any atom is -0.462 e. The van der Waals surface area contributed by atoms with Gasteiger partial charge in [0.05, 0.1) is 32.8 Å². The zero-order valence-corrected chi connectivity index (χ0v) is 62.1. The molecule has 0 aliphatic heterocycles. The van der Waals surface area contributed by atoms with Crippen LogP contribution in [0.25, 0.3) is 0 Å². The number of aliphatic hydroxyl groups is 1. The molecule has 0 rings (SSSR count). The molecular formula is C77H134O17P2. The molecule has 0 radical (unpaired) electrons. The minimum atomic E-state index is -4.99. The molecule has 0 saturated heterocycles. The second-order valence-corrected chi connectivity index (χ2v) is 27.8. The summed E-state index contributed by atoms with van der Waals surface area (Å²) in [5.41, 5.74) is 0. The Morgan fingerprint density at radius 2 is 0.583 bits per heavy atom. The van der Waals surface area contributed by atoms with E-state index in [0.717, 1.165) is 135 Å². The average molecular weight is 1390 g/mol. The number of rotatable bonds is 70. The fraction of sp³-hybridized carbons (Fsp3) is 0.740. The van der Waals surface area contributed by atoms with Crippen LogP contribution >= 0.6 is 15.6 Å². The van der Waals surface area contributed by atoms with Gasteiger partial charge in [0.25, 0.3) is 0 Å². The summed E-state index contributed by atoms with van der Waals surface area (Å²) in [6, 6.07) is 0. The number of ether oxygens (including phenoxy) is 4. The summed E-state index contributed by atoms with van der Waals surface area (Å²) in [6.45, 7) is 4.59. The van der Waals surface area contributed by atoms with Gasteiger partial charge in [-0.1, -0.05) is 273 Å². The zero-order chi connectivity index (χ0) is 70.4. The van der Waals surface area contributed by atoms with Crippen molar-refractivity contribution in [3.05, 3.63) is 97.2 Å². The van der Waals surface area contributed by atoms with Crippen LogP contribution in [-0.2, 0) is 65.4 Å². The second-order valence-electron chi connectivity index (χ2n) is 24.9. The summed E-state index contributed by atoms with van der Waals surface area (Å²) in [7, 11) is -9.97. The third kappa shape index (κ3) is 68.5. The average Bonchev–Trinajstić information content (AvgIpc) is 1.14. The molecule has 0 bridgehead atoms. The van der Waals surface area contributed by atoms with Gasteiger partial charge in [-0.15, -0.1) is 0 Å². The SMILES string of the molecule is CC/C=C\C/C=C\C/C=C\C/C=C\C/C=C\CC(=O)OCC(COP(=O)(O)OCC(O)COP(=O)(O)OCC(COC(=O)CCCCCCC/C=C\C/C=C\CCCCC)OC(=O)CCCCCCCCCCCCCCC)OC(=O)CCCCCCC/C=C\CCCCCC. The van der Waals surface area contributed by atoms with E-state index >= 15 is 0 Å². The smallest absolute Gasteiger partial charge is 0.462 e. The lowest BCUT2D eigenvalue weighted by atomic mass is 10.0. The quantitative estimate of drug-likeness (QED) is 0.0169. The van der Waals surface area contributed by atoms with Crippen molar-refractivity contribution in [2.45, 2.75) is 329 Å². The molecule has 17 nitrogen and oxygen atoms in total. The number of hydrogen-bond donors (Lipinski definition) is 3. The van der Waals surface area contributed by atoms with Crippen molar-refractivity contribution in [3.63, 3.8) is 0 Å². The van der Waals surface area contributed by atoms with Gasteiger partial charge in [0, 0.05) is 19.3 Å². The highest BCUT2D eigenvalue weighted by Gasteiger charge is 2.30. The van der Waals surface area contributed by atoms with Crippen LogP contribution in [0.2, 0.25) is 0 Å². The molecule has 0 aliphatic rings. The van der Waals surface area contributed by atoms with Gasteiger partial charge >= 0.3 is 39.5 Å². The maximum absolute atomic E-state index is 13.1. The van der Waals surface area contributed by atoms with Gasteiger partial charge in [0.1, 0.15) is 19.3 Å². The highest BCUT2D eigenvalue weighted by molar-refractivity contribution is 7.47. The Balaban J connectivity index is 5.40. The van der Waals surface area contributed by atoms with Crippen molar-refractivity contribution in [3.8, 4) is 0 Å². The summed E-state index contributed by atoms with van der Waals surface area (Å²) in [6.07, 6.45) is 71.5. The minimum absolute atomic E-state index is 0.0655. The Bertz CT molecular complexity index is 2200. The topological polar surface area (TPSA) is 237 Å². The molecule has 0 fully saturated rings. The van der Waals surface area contributed by atoms with Gasteiger partial charge in [-0.25, -0.2) is 9.13 Å². The molecule has 0 aromatic carbocycles. The van der Waals surface area contributed by atoms with Gasteiger partial charge in [-0.05, 0) is 109 Å². The van der Waals surface area contributed by atoms with Crippen LogP contribution in [0.3, 0.4) is 0 Å². The third-order valence-corrected chi connectivity index (χ3v) is 17.5. The molecule has 3 N–H and O–H groups in total. The molecule has 554 valence electrons. The normalized spacial score (nSPS) is 14.5. The molecule has 0 spiro atoms. The van der Waals surface area contributed by atoms with E-state index < -0.39 is 97.5 Å². The lowest BCUT2D eigenvalue weighted by Crippen LogP contribution is -2.30. The van der Waals surface area contributed by atoms with Crippen LogP contribution in [0.5, 0.6) is 0 Å². The van der Waals surface area contributed by atoms with Gasteiger partial charge in [-0.2, -0.15) is 0 Å². The number of allylic oxidation sites excluding steroid dienone is 15. The maximum Gasteiger partial charge on any atom is 0.472 e. The van der Waals surface area contributed by atoms with E-state index in [9.17, 15) is 43.2 Å². The predicted molar refractivity (Wildman–Crippen MR) is 390 cm³/mol. The number of unbranched alkanes of at least 4 members (excludes halogenated alkanes) is 29. The van der Waals surface area contributed by atoms with Gasteiger partial charge in [0.2, 0.25) is 0 Å². The molecule has 19 heteroatoms. The maximum atomic E-state index is 13.1. The predicted octanol–water partition coefficient (Wildman–Crippen LogP) is 21.2. The van der Waals surface area contributed by atoms with Gasteiger partial charge in [0.15, 0.2) is 12.2 Å². The number of carbonyl (C=O) groups excluding carboxylic acids is 4. The van der Waals surface area contributed by atoms with Crippen LogP contribution in [0.1, 0.15) is 310 Å². The van der Waals surface area contributed by atoms with Crippen molar-refractivity contribution in [1.29, 1.82) is 0 Å². The molecule has 0 heterocycles. The summed E-state index contributed by atoms with van der Waals surface area (Å²) < 4.78 is 68.3. The van der Waals surface area contributed by atoms with E-state index in [1.54, 1.807) is 6.08 Å². The molecule has 5 atom stereocenters. The van der Waals surface area contributed by atoms with Gasteiger partial charge < -0.3 is 33.8 Å². The summed E-state index contributed by atoms with van der Waals surface area (Å²) >= 11 is 0. The number of carbonyl (C=O) groups is 4. The Kier molecular flexibility index (Phi) is 66.6. The summed E-state index contributed by atoms with van der Waals surface area (Å²) in [5.74, 6) is -2.33. The van der Waals surface area contributed by atoms with Crippen molar-refractivity contribution < 1.29 is 80.2 Å². The van der Waals surface area contributed by atoms with Crippen molar-refractivity contribution in [2.24, 2.45) is 0 Å². The molecule has 96 heavy (non-hydrogen) atoms. The Morgan fingerprint density at radius 1 is 0.312 bits per heavy atom. The first-order valence-corrected chi connectivity index (χ1v) is 40.5. The van der Waals surface area contributed by atoms with E-state index in [2.05, 4.69) is 101 Å². The summed E-state index contributed by atoms with van der Waals surface area (Å²) in [5, 5.41) is 10.6. The first-order valence-electron chi connectivity index (χ1n) is 37.5. The Hall–Kier alpha value is -4.02. The molecule has 0 aliphatic carbocycles. The van der Waals surface area contributed by atoms with Crippen LogP contribution in [0.4, 0.5) is 0 Å². The first kappa shape index (κ1) is 92.0. The van der Waals surface area contributed by atoms with Gasteiger partial charge in [-0.3, -0.25) is 37.3 Å². The van der Waals surface area contributed by atoms with Crippen LogP contribution in [0.15, 0.2) is 97.2 Å². The number of esters is 4. The largest absolute Gasteiger partial charge is 0.472 e. The monoisotopic (exact) mass is 1390 g/mol. The second kappa shape index (κ2) is 69.5. The standard InChI is InChI=1S/C77H134O17P2/c1-5-9-13-17-21-25-29-33-35-39-41-45-49-53-57-61-74(79)87-67-72(93-76(81)63-59-55-51-47-43-37-31-27-23-19-15-11-7-3)69-91-95(83,84)89-65-71(78)66-90-96(85,86)92-70-73(94-77(82)64-60-56-52-48-44-38-32-28-24-20-16-12-8-4)68-88-75(80)62-58-54-50-46-42-40-36-34-30-26-22-18-14-10-6-2/h9,13,21-22,25-27,31,33-36,41,45,53,57,71-73,78H,5-8,10-12,14-20,23-24,28-30,32,37-40,42-44,46-52,54-56,58-70H2,1-4H3,(H,83,84)(H,85,86)/b13-9-,25-21-,26-22-,31-27-,35-33-,36-34-,45-41-,57-53-. The Labute approximate surface area is 582 Å². The van der Waals surface area contributed by atoms with Crippen molar-refractivity contribution in [2.75, 3.05) is 39.6 Å². The first-order chi connectivity index (χ1) is 46.7. The lowest BCUT2D eigenvalue weighted by Gasteiger charge is -2.21. The molecule has 0 amide bonds. The van der Waals surface area contributed by atoms with E-state index in [4.69, 9.17) is 37.0 Å². The highest BCUT2D eigenvalue weighted by atomic mass is 31.2. The van der Waals surface area contributed by atoms with Crippen LogP contribution in [-0.4, -0.2) is 96.7 Å². The Morgan fingerprint density at radius 3 is 0.969 bits per heavy atom. The molecule has 0 saturated carbocycles.